The third-order valence-electron chi connectivity index (χ3n) is 3.84. The smallest absolute Gasteiger partial charge is 0.255 e. The standard InChI is InChI=1S/C15H13N5O/c21-15(10-3-1-5-16-7-10)20-8-11(9-20)13-12-4-2-6-17-14(12)19-18-13/h1-7,11H,8-9H2,(H,17,18,19). The average Bonchev–Trinajstić information content (AvgIpc) is 2.91. The summed E-state index contributed by atoms with van der Waals surface area (Å²) in [6.07, 6.45) is 5.00. The summed E-state index contributed by atoms with van der Waals surface area (Å²) >= 11 is 0. The van der Waals surface area contributed by atoms with E-state index in [0.29, 0.717) is 24.6 Å². The molecule has 1 N–H and O–H groups in total. The molecule has 104 valence electrons. The van der Waals surface area contributed by atoms with Crippen molar-refractivity contribution >= 4 is 16.9 Å². The topological polar surface area (TPSA) is 74.8 Å². The summed E-state index contributed by atoms with van der Waals surface area (Å²) in [6.45, 7) is 1.39. The van der Waals surface area contributed by atoms with Crippen LogP contribution in [0.5, 0.6) is 0 Å². The van der Waals surface area contributed by atoms with Crippen molar-refractivity contribution in [2.45, 2.75) is 5.92 Å². The van der Waals surface area contributed by atoms with Crippen molar-refractivity contribution in [1.82, 2.24) is 25.1 Å². The Labute approximate surface area is 120 Å². The molecule has 1 saturated heterocycles. The maximum absolute atomic E-state index is 12.3. The minimum atomic E-state index is 0.0290. The van der Waals surface area contributed by atoms with Gasteiger partial charge in [0, 0.05) is 43.0 Å². The Morgan fingerprint density at radius 1 is 1.24 bits per heavy atom. The Morgan fingerprint density at radius 2 is 2.10 bits per heavy atom. The molecule has 0 spiro atoms. The Hall–Kier alpha value is -2.76. The van der Waals surface area contributed by atoms with Crippen LogP contribution in [-0.2, 0) is 0 Å². The molecule has 0 radical (unpaired) electrons. The number of fused-ring (bicyclic) bond motifs is 1. The number of carbonyl (C=O) groups excluding carboxylic acids is 1. The Balaban J connectivity index is 1.51. The molecule has 6 heteroatoms. The number of carbonyl (C=O) groups is 1. The van der Waals surface area contributed by atoms with Crippen molar-refractivity contribution in [2.75, 3.05) is 13.1 Å². The van der Waals surface area contributed by atoms with Crippen LogP contribution in [0.15, 0.2) is 42.9 Å². The summed E-state index contributed by atoms with van der Waals surface area (Å²) in [5.74, 6) is 0.320. The van der Waals surface area contributed by atoms with Crippen molar-refractivity contribution in [2.24, 2.45) is 0 Å². The Kier molecular flexibility index (Phi) is 2.67. The van der Waals surface area contributed by atoms with Crippen LogP contribution in [-0.4, -0.2) is 44.1 Å². The summed E-state index contributed by atoms with van der Waals surface area (Å²) in [5.41, 5.74) is 2.42. The lowest BCUT2D eigenvalue weighted by atomic mass is 9.94. The summed E-state index contributed by atoms with van der Waals surface area (Å²) in [6, 6.07) is 7.47. The van der Waals surface area contributed by atoms with Gasteiger partial charge in [0.05, 0.1) is 11.3 Å². The number of nitrogens with zero attached hydrogens (tertiary/aromatic N) is 4. The van der Waals surface area contributed by atoms with Crippen molar-refractivity contribution in [3.05, 3.63) is 54.1 Å². The van der Waals surface area contributed by atoms with Gasteiger partial charge in [-0.25, -0.2) is 4.98 Å². The van der Waals surface area contributed by atoms with E-state index in [4.69, 9.17) is 0 Å². The van der Waals surface area contributed by atoms with Gasteiger partial charge in [0.15, 0.2) is 5.65 Å². The first kappa shape index (κ1) is 12.0. The van der Waals surface area contributed by atoms with E-state index in [1.54, 1.807) is 30.7 Å². The van der Waals surface area contributed by atoms with Crippen LogP contribution < -0.4 is 0 Å². The van der Waals surface area contributed by atoms with E-state index < -0.39 is 0 Å². The van der Waals surface area contributed by atoms with Gasteiger partial charge in [-0.2, -0.15) is 5.10 Å². The molecular formula is C15H13N5O. The van der Waals surface area contributed by atoms with Crippen LogP contribution in [0.25, 0.3) is 11.0 Å². The fraction of sp³-hybridized carbons (Fsp3) is 0.200. The van der Waals surface area contributed by atoms with Crippen molar-refractivity contribution < 1.29 is 4.79 Å². The fourth-order valence-electron chi connectivity index (χ4n) is 2.68. The number of amides is 1. The molecule has 3 aromatic rings. The van der Waals surface area contributed by atoms with E-state index in [9.17, 15) is 4.79 Å². The maximum atomic E-state index is 12.3. The number of aromatic nitrogens is 4. The van der Waals surface area contributed by atoms with E-state index in [2.05, 4.69) is 20.2 Å². The quantitative estimate of drug-likeness (QED) is 0.773. The molecule has 1 fully saturated rings. The van der Waals surface area contributed by atoms with Gasteiger partial charge in [-0.3, -0.25) is 14.9 Å². The zero-order chi connectivity index (χ0) is 14.2. The summed E-state index contributed by atoms with van der Waals surface area (Å²) in [7, 11) is 0. The van der Waals surface area contributed by atoms with Gasteiger partial charge in [0.1, 0.15) is 0 Å². The SMILES string of the molecule is O=C(c1cccnc1)N1CC(c2[nH]nc3ncccc23)C1. The van der Waals surface area contributed by atoms with Crippen LogP contribution in [0.2, 0.25) is 0 Å². The largest absolute Gasteiger partial charge is 0.337 e. The highest BCUT2D eigenvalue weighted by Gasteiger charge is 2.34. The molecule has 1 aliphatic heterocycles. The second-order valence-corrected chi connectivity index (χ2v) is 5.16. The zero-order valence-corrected chi connectivity index (χ0v) is 11.2. The Bertz CT molecular complexity index is 792. The fourth-order valence-corrected chi connectivity index (χ4v) is 2.68. The van der Waals surface area contributed by atoms with Gasteiger partial charge >= 0.3 is 0 Å². The molecule has 3 aromatic heterocycles. The van der Waals surface area contributed by atoms with Crippen molar-refractivity contribution in [3.63, 3.8) is 0 Å². The van der Waals surface area contributed by atoms with E-state index in [1.807, 2.05) is 17.0 Å². The van der Waals surface area contributed by atoms with Gasteiger partial charge in [0.25, 0.3) is 5.91 Å². The van der Waals surface area contributed by atoms with Crippen LogP contribution in [0.1, 0.15) is 22.0 Å². The number of nitrogens with one attached hydrogen (secondary N) is 1. The molecule has 0 unspecified atom stereocenters. The number of aromatic amines is 1. The van der Waals surface area contributed by atoms with Crippen LogP contribution >= 0.6 is 0 Å². The molecule has 6 nitrogen and oxygen atoms in total. The van der Waals surface area contributed by atoms with Gasteiger partial charge in [-0.05, 0) is 24.3 Å². The molecule has 0 atom stereocenters. The second kappa shape index (κ2) is 4.66. The molecule has 0 aliphatic carbocycles. The highest BCUT2D eigenvalue weighted by Crippen LogP contribution is 2.30. The monoisotopic (exact) mass is 279 g/mol. The van der Waals surface area contributed by atoms with Crippen LogP contribution in [0.4, 0.5) is 0 Å². The first-order valence-electron chi connectivity index (χ1n) is 6.81. The lowest BCUT2D eigenvalue weighted by Gasteiger charge is -2.38. The second-order valence-electron chi connectivity index (χ2n) is 5.16. The van der Waals surface area contributed by atoms with Crippen molar-refractivity contribution in [3.8, 4) is 0 Å². The summed E-state index contributed by atoms with van der Waals surface area (Å²) < 4.78 is 0. The summed E-state index contributed by atoms with van der Waals surface area (Å²) in [5, 5.41) is 8.29. The first-order valence-corrected chi connectivity index (χ1v) is 6.81. The van der Waals surface area contributed by atoms with E-state index in [1.165, 1.54) is 0 Å². The van der Waals surface area contributed by atoms with E-state index >= 15 is 0 Å². The third-order valence-corrected chi connectivity index (χ3v) is 3.84. The molecular weight excluding hydrogens is 266 g/mol. The van der Waals surface area contributed by atoms with E-state index in [-0.39, 0.29) is 5.91 Å². The number of likely N-dealkylation sites (tertiary alicyclic amines) is 1. The van der Waals surface area contributed by atoms with Gasteiger partial charge in [0.2, 0.25) is 0 Å². The van der Waals surface area contributed by atoms with Gasteiger partial charge in [-0.1, -0.05) is 0 Å². The van der Waals surface area contributed by atoms with Gasteiger partial charge < -0.3 is 4.90 Å². The number of hydrogen-bond donors (Lipinski definition) is 1. The van der Waals surface area contributed by atoms with Crippen LogP contribution in [0.3, 0.4) is 0 Å². The molecule has 21 heavy (non-hydrogen) atoms. The molecule has 0 saturated carbocycles. The lowest BCUT2D eigenvalue weighted by molar-refractivity contribution is 0.0599. The van der Waals surface area contributed by atoms with Crippen molar-refractivity contribution in [1.29, 1.82) is 0 Å². The molecule has 0 aromatic carbocycles. The number of pyridine rings is 2. The third kappa shape index (κ3) is 1.96. The first-order chi connectivity index (χ1) is 10.3. The average molecular weight is 279 g/mol. The Morgan fingerprint density at radius 3 is 2.90 bits per heavy atom. The van der Waals surface area contributed by atoms with Gasteiger partial charge in [-0.15, -0.1) is 0 Å². The highest BCUT2D eigenvalue weighted by molar-refractivity contribution is 5.94. The normalized spacial score (nSPS) is 15.1. The predicted molar refractivity (Wildman–Crippen MR) is 76.8 cm³/mol. The molecule has 4 heterocycles. The maximum Gasteiger partial charge on any atom is 0.255 e. The number of hydrogen-bond acceptors (Lipinski definition) is 4. The minimum Gasteiger partial charge on any atom is -0.337 e. The molecule has 4 rings (SSSR count). The van der Waals surface area contributed by atoms with Crippen LogP contribution in [0, 0.1) is 0 Å². The highest BCUT2D eigenvalue weighted by atomic mass is 16.2. The molecule has 1 aliphatic rings. The predicted octanol–water partition coefficient (Wildman–Crippen LogP) is 1.59. The minimum absolute atomic E-state index is 0.0290. The molecule has 0 bridgehead atoms. The zero-order valence-electron chi connectivity index (χ0n) is 11.2. The molecule has 1 amide bonds. The number of H-pyrrole nitrogens is 1. The van der Waals surface area contributed by atoms with E-state index in [0.717, 1.165) is 16.7 Å². The lowest BCUT2D eigenvalue weighted by Crippen LogP contribution is -2.48. The summed E-state index contributed by atoms with van der Waals surface area (Å²) in [4.78, 5) is 22.3. The number of rotatable bonds is 2.